The second-order valence-electron chi connectivity index (χ2n) is 4.08. The molecule has 0 saturated carbocycles. The average Bonchev–Trinajstić information content (AvgIpc) is 2.17. The highest BCUT2D eigenvalue weighted by Crippen LogP contribution is 2.12. The van der Waals surface area contributed by atoms with Crippen LogP contribution in [0.4, 0.5) is 0 Å². The molecule has 0 unspecified atom stereocenters. The number of rotatable bonds is 9. The van der Waals surface area contributed by atoms with E-state index in [4.69, 9.17) is 0 Å². The summed E-state index contributed by atoms with van der Waals surface area (Å²) >= 11 is 3.42. The minimum Gasteiger partial charge on any atom is -0.0883 e. The molecule has 0 radical (unpaired) electrons. The molecule has 0 rings (SSSR count). The van der Waals surface area contributed by atoms with Gasteiger partial charge in [0.05, 0.1) is 0 Å². The van der Waals surface area contributed by atoms with Gasteiger partial charge in [0.15, 0.2) is 0 Å². The third kappa shape index (κ3) is 10.3. The van der Waals surface area contributed by atoms with Gasteiger partial charge in [0.25, 0.3) is 0 Å². The number of hydrogen-bond donors (Lipinski definition) is 0. The van der Waals surface area contributed by atoms with Crippen molar-refractivity contribution in [1.82, 2.24) is 0 Å². The van der Waals surface area contributed by atoms with Crippen LogP contribution in [0.15, 0.2) is 11.6 Å². The predicted octanol–water partition coefficient (Wildman–Crippen LogP) is 5.47. The van der Waals surface area contributed by atoms with Crippen LogP contribution < -0.4 is 0 Å². The zero-order valence-corrected chi connectivity index (χ0v) is 11.4. The smallest absolute Gasteiger partial charge is 0.0214 e. The van der Waals surface area contributed by atoms with Crippen LogP contribution in [0.3, 0.4) is 0 Å². The van der Waals surface area contributed by atoms with Gasteiger partial charge in [-0.2, -0.15) is 0 Å². The summed E-state index contributed by atoms with van der Waals surface area (Å²) < 4.78 is 0. The molecule has 0 bridgehead atoms. The lowest BCUT2D eigenvalue weighted by Gasteiger charge is -2.01. The fourth-order valence-electron chi connectivity index (χ4n) is 1.59. The normalized spacial score (nSPS) is 12.1. The molecule has 0 heterocycles. The average molecular weight is 261 g/mol. The number of allylic oxidation sites excluding steroid dienone is 2. The van der Waals surface area contributed by atoms with Crippen molar-refractivity contribution in [3.63, 3.8) is 0 Å². The molecule has 0 saturated heterocycles. The molecule has 1 heteroatoms. The maximum Gasteiger partial charge on any atom is 0.0214 e. The number of unbranched alkanes of at least 4 members (excludes halogenated alkanes) is 6. The maximum atomic E-state index is 3.42. The lowest BCUT2D eigenvalue weighted by molar-refractivity contribution is 0.588. The molecular formula is C13H25Br. The Kier molecular flexibility index (Phi) is 11.5. The molecule has 0 atom stereocenters. The highest BCUT2D eigenvalue weighted by atomic mass is 79.9. The van der Waals surface area contributed by atoms with Crippen molar-refractivity contribution >= 4 is 15.9 Å². The van der Waals surface area contributed by atoms with E-state index in [1.807, 2.05) is 0 Å². The second kappa shape index (κ2) is 11.3. The first-order valence-electron chi connectivity index (χ1n) is 6.02. The third-order valence-corrected chi connectivity index (χ3v) is 2.92. The monoisotopic (exact) mass is 260 g/mol. The quantitative estimate of drug-likeness (QED) is 0.293. The highest BCUT2D eigenvalue weighted by molar-refractivity contribution is 9.09. The van der Waals surface area contributed by atoms with E-state index in [9.17, 15) is 0 Å². The van der Waals surface area contributed by atoms with Gasteiger partial charge in [-0.05, 0) is 19.8 Å². The van der Waals surface area contributed by atoms with Crippen LogP contribution in [-0.4, -0.2) is 5.33 Å². The zero-order chi connectivity index (χ0) is 10.6. The van der Waals surface area contributed by atoms with Crippen molar-refractivity contribution in [3.05, 3.63) is 11.6 Å². The molecule has 0 aromatic carbocycles. The van der Waals surface area contributed by atoms with Crippen molar-refractivity contribution < 1.29 is 0 Å². The fraction of sp³-hybridized carbons (Fsp3) is 0.846. The van der Waals surface area contributed by atoms with Crippen molar-refractivity contribution in [2.45, 2.75) is 65.2 Å². The Bertz CT molecular complexity index is 138. The first-order chi connectivity index (χ1) is 6.81. The standard InChI is InChI=1S/C13H25Br/c1-3-4-5-6-7-8-9-10-13(2)11-12-14/h11H,3-10,12H2,1-2H3/b13-11+. The summed E-state index contributed by atoms with van der Waals surface area (Å²) in [5.74, 6) is 0. The molecule has 0 spiro atoms. The van der Waals surface area contributed by atoms with Crippen molar-refractivity contribution in [2.24, 2.45) is 0 Å². The van der Waals surface area contributed by atoms with Crippen LogP contribution in [0.25, 0.3) is 0 Å². The number of halogens is 1. The van der Waals surface area contributed by atoms with Gasteiger partial charge in [0.2, 0.25) is 0 Å². The van der Waals surface area contributed by atoms with Crippen LogP contribution in [0.1, 0.15) is 65.2 Å². The van der Waals surface area contributed by atoms with E-state index in [1.165, 1.54) is 56.9 Å². The van der Waals surface area contributed by atoms with Gasteiger partial charge in [-0.15, -0.1) is 0 Å². The van der Waals surface area contributed by atoms with Crippen molar-refractivity contribution in [2.75, 3.05) is 5.33 Å². The Hall–Kier alpha value is 0.220. The van der Waals surface area contributed by atoms with Crippen molar-refractivity contribution in [3.8, 4) is 0 Å². The number of hydrogen-bond acceptors (Lipinski definition) is 0. The fourth-order valence-corrected chi connectivity index (χ4v) is 2.15. The van der Waals surface area contributed by atoms with E-state index in [-0.39, 0.29) is 0 Å². The van der Waals surface area contributed by atoms with Gasteiger partial charge in [-0.3, -0.25) is 0 Å². The maximum absolute atomic E-state index is 3.42. The van der Waals surface area contributed by atoms with Gasteiger partial charge >= 0.3 is 0 Å². The Morgan fingerprint density at radius 1 is 1.00 bits per heavy atom. The molecule has 0 aliphatic rings. The Morgan fingerprint density at radius 3 is 2.14 bits per heavy atom. The van der Waals surface area contributed by atoms with Gasteiger partial charge in [-0.1, -0.05) is 73.0 Å². The molecule has 14 heavy (non-hydrogen) atoms. The van der Waals surface area contributed by atoms with Gasteiger partial charge < -0.3 is 0 Å². The molecule has 0 aliphatic carbocycles. The summed E-state index contributed by atoms with van der Waals surface area (Å²) in [6.45, 7) is 4.51. The van der Waals surface area contributed by atoms with E-state index < -0.39 is 0 Å². The summed E-state index contributed by atoms with van der Waals surface area (Å²) in [5.41, 5.74) is 1.54. The van der Waals surface area contributed by atoms with Gasteiger partial charge in [-0.25, -0.2) is 0 Å². The first-order valence-corrected chi connectivity index (χ1v) is 7.15. The lowest BCUT2D eigenvalue weighted by atomic mass is 10.1. The van der Waals surface area contributed by atoms with E-state index in [0.717, 1.165) is 5.33 Å². The Labute approximate surface area is 98.3 Å². The van der Waals surface area contributed by atoms with Gasteiger partial charge in [0.1, 0.15) is 0 Å². The number of alkyl halides is 1. The Balaban J connectivity index is 3.09. The third-order valence-electron chi connectivity index (χ3n) is 2.60. The summed E-state index contributed by atoms with van der Waals surface area (Å²) in [6.07, 6.45) is 13.4. The molecule has 0 aliphatic heterocycles. The van der Waals surface area contributed by atoms with Crippen LogP contribution in [0.2, 0.25) is 0 Å². The van der Waals surface area contributed by atoms with E-state index in [0.29, 0.717) is 0 Å². The molecule has 0 N–H and O–H groups in total. The SMILES string of the molecule is CCCCCCCCC/C(C)=C/CBr. The van der Waals surface area contributed by atoms with Gasteiger partial charge in [0, 0.05) is 5.33 Å². The van der Waals surface area contributed by atoms with Crippen LogP contribution in [0, 0.1) is 0 Å². The molecule has 84 valence electrons. The Morgan fingerprint density at radius 2 is 1.57 bits per heavy atom. The zero-order valence-electron chi connectivity index (χ0n) is 9.82. The van der Waals surface area contributed by atoms with E-state index >= 15 is 0 Å². The topological polar surface area (TPSA) is 0 Å². The molecule has 0 nitrogen and oxygen atoms in total. The predicted molar refractivity (Wildman–Crippen MR) is 70.2 cm³/mol. The minimum atomic E-state index is 1.01. The molecule has 0 amide bonds. The highest BCUT2D eigenvalue weighted by Gasteiger charge is 1.92. The van der Waals surface area contributed by atoms with E-state index in [2.05, 4.69) is 35.9 Å². The molecule has 0 aromatic heterocycles. The summed E-state index contributed by atoms with van der Waals surface area (Å²) in [6, 6.07) is 0. The minimum absolute atomic E-state index is 1.01. The van der Waals surface area contributed by atoms with Crippen molar-refractivity contribution in [1.29, 1.82) is 0 Å². The largest absolute Gasteiger partial charge is 0.0883 e. The summed E-state index contributed by atoms with van der Waals surface area (Å²) in [5, 5.41) is 1.01. The molecule has 0 fully saturated rings. The second-order valence-corrected chi connectivity index (χ2v) is 4.72. The van der Waals surface area contributed by atoms with Crippen LogP contribution in [-0.2, 0) is 0 Å². The molecule has 0 aromatic rings. The molecular weight excluding hydrogens is 236 g/mol. The lowest BCUT2D eigenvalue weighted by Crippen LogP contribution is -1.82. The van der Waals surface area contributed by atoms with Crippen LogP contribution >= 0.6 is 15.9 Å². The summed E-state index contributed by atoms with van der Waals surface area (Å²) in [4.78, 5) is 0. The van der Waals surface area contributed by atoms with E-state index in [1.54, 1.807) is 0 Å². The summed E-state index contributed by atoms with van der Waals surface area (Å²) in [7, 11) is 0. The van der Waals surface area contributed by atoms with Crippen LogP contribution in [0.5, 0.6) is 0 Å². The first kappa shape index (κ1) is 14.2.